The Bertz CT molecular complexity index is 475. The van der Waals surface area contributed by atoms with Crippen molar-refractivity contribution in [3.63, 3.8) is 0 Å². The second-order valence-electron chi connectivity index (χ2n) is 5.47. The molecule has 1 aliphatic rings. The largest absolute Gasteiger partial charge is 0.311 e. The van der Waals surface area contributed by atoms with Crippen LogP contribution in [0.5, 0.6) is 0 Å². The van der Waals surface area contributed by atoms with Gasteiger partial charge in [0.15, 0.2) is 0 Å². The van der Waals surface area contributed by atoms with Gasteiger partial charge in [-0.05, 0) is 38.9 Å². The third-order valence-corrected chi connectivity index (χ3v) is 3.97. The fraction of sp³-hybridized carbons (Fsp3) is 0.562. The number of piperidine rings is 1. The molecule has 1 aromatic carbocycles. The monoisotopic (exact) mass is 275 g/mol. The highest BCUT2D eigenvalue weighted by Gasteiger charge is 2.16. The summed E-state index contributed by atoms with van der Waals surface area (Å²) in [5, 5.41) is 12.1. The van der Waals surface area contributed by atoms with Crippen LogP contribution >= 0.6 is 0 Å². The summed E-state index contributed by atoms with van der Waals surface area (Å²) in [5.41, 5.74) is 0.684. The molecule has 2 rings (SSSR count). The van der Waals surface area contributed by atoms with Crippen LogP contribution in [0.4, 0.5) is 4.39 Å². The zero-order valence-corrected chi connectivity index (χ0v) is 12.0. The fourth-order valence-electron chi connectivity index (χ4n) is 2.71. The first-order valence-electron chi connectivity index (χ1n) is 7.34. The van der Waals surface area contributed by atoms with Crippen LogP contribution in [-0.4, -0.2) is 30.6 Å². The molecule has 1 saturated heterocycles. The number of likely N-dealkylation sites (tertiary alicyclic amines) is 1. The molecule has 1 aliphatic heterocycles. The second kappa shape index (κ2) is 7.37. The first-order valence-corrected chi connectivity index (χ1v) is 7.34. The highest BCUT2D eigenvalue weighted by atomic mass is 19.1. The molecule has 4 heteroatoms. The molecule has 1 heterocycles. The van der Waals surface area contributed by atoms with Crippen LogP contribution in [-0.2, 0) is 6.54 Å². The molecule has 1 unspecified atom stereocenters. The van der Waals surface area contributed by atoms with Crippen LogP contribution in [0.1, 0.15) is 37.3 Å². The number of rotatable bonds is 5. The van der Waals surface area contributed by atoms with Crippen LogP contribution in [0, 0.1) is 17.1 Å². The van der Waals surface area contributed by atoms with E-state index in [0.717, 1.165) is 6.54 Å². The fourth-order valence-corrected chi connectivity index (χ4v) is 2.71. The van der Waals surface area contributed by atoms with E-state index in [0.29, 0.717) is 18.2 Å². The van der Waals surface area contributed by atoms with Gasteiger partial charge in [-0.3, -0.25) is 4.90 Å². The van der Waals surface area contributed by atoms with E-state index in [4.69, 9.17) is 5.26 Å². The molecule has 0 aliphatic carbocycles. The highest BCUT2D eigenvalue weighted by molar-refractivity contribution is 5.34. The minimum atomic E-state index is -0.395. The molecule has 3 nitrogen and oxygen atoms in total. The van der Waals surface area contributed by atoms with Gasteiger partial charge in [0.2, 0.25) is 0 Å². The van der Waals surface area contributed by atoms with E-state index in [-0.39, 0.29) is 5.56 Å². The molecule has 0 bridgehead atoms. The normalized spacial score (nSPS) is 17.6. The van der Waals surface area contributed by atoms with Gasteiger partial charge >= 0.3 is 0 Å². The maximum absolute atomic E-state index is 13.9. The van der Waals surface area contributed by atoms with Crippen LogP contribution in [0.25, 0.3) is 0 Å². The van der Waals surface area contributed by atoms with Gasteiger partial charge in [-0.1, -0.05) is 18.6 Å². The summed E-state index contributed by atoms with van der Waals surface area (Å²) >= 11 is 0. The highest BCUT2D eigenvalue weighted by Crippen LogP contribution is 2.13. The molecule has 20 heavy (non-hydrogen) atoms. The number of nitrogens with one attached hydrogen (secondary N) is 1. The van der Waals surface area contributed by atoms with E-state index in [2.05, 4.69) is 17.1 Å². The molecular weight excluding hydrogens is 253 g/mol. The van der Waals surface area contributed by atoms with Gasteiger partial charge in [0.1, 0.15) is 11.9 Å². The Labute approximate surface area is 120 Å². The lowest BCUT2D eigenvalue weighted by Gasteiger charge is -2.32. The number of halogens is 1. The Hall–Kier alpha value is -1.44. The van der Waals surface area contributed by atoms with Gasteiger partial charge in [-0.25, -0.2) is 4.39 Å². The van der Waals surface area contributed by atoms with Gasteiger partial charge < -0.3 is 5.32 Å². The summed E-state index contributed by atoms with van der Waals surface area (Å²) in [4.78, 5) is 2.48. The molecule has 0 aromatic heterocycles. The first kappa shape index (κ1) is 15.0. The molecular formula is C16H22FN3. The number of hydrogen-bond acceptors (Lipinski definition) is 3. The van der Waals surface area contributed by atoms with E-state index >= 15 is 0 Å². The van der Waals surface area contributed by atoms with Crippen molar-refractivity contribution in [2.75, 3.05) is 19.6 Å². The SMILES string of the molecule is CC(CNCc1cccc(C#N)c1F)N1CCCCC1. The van der Waals surface area contributed by atoms with Crippen molar-refractivity contribution in [3.8, 4) is 6.07 Å². The number of nitriles is 1. The maximum Gasteiger partial charge on any atom is 0.145 e. The summed E-state index contributed by atoms with van der Waals surface area (Å²) in [6.07, 6.45) is 3.90. The Morgan fingerprint density at radius 3 is 2.80 bits per heavy atom. The summed E-state index contributed by atoms with van der Waals surface area (Å²) < 4.78 is 13.9. The lowest BCUT2D eigenvalue weighted by Crippen LogP contribution is -2.43. The van der Waals surface area contributed by atoms with E-state index in [1.807, 2.05) is 6.07 Å². The lowest BCUT2D eigenvalue weighted by atomic mass is 10.1. The van der Waals surface area contributed by atoms with Gasteiger partial charge in [-0.2, -0.15) is 5.26 Å². The van der Waals surface area contributed by atoms with Crippen molar-refractivity contribution >= 4 is 0 Å². The quantitative estimate of drug-likeness (QED) is 0.898. The third kappa shape index (κ3) is 3.78. The van der Waals surface area contributed by atoms with Gasteiger partial charge in [-0.15, -0.1) is 0 Å². The van der Waals surface area contributed by atoms with Gasteiger partial charge in [0.25, 0.3) is 0 Å². The van der Waals surface area contributed by atoms with Crippen molar-refractivity contribution in [2.45, 2.75) is 38.8 Å². The molecule has 1 N–H and O–H groups in total. The van der Waals surface area contributed by atoms with Crippen LogP contribution in [0.2, 0.25) is 0 Å². The third-order valence-electron chi connectivity index (χ3n) is 3.97. The average molecular weight is 275 g/mol. The molecule has 0 saturated carbocycles. The molecule has 108 valence electrons. The summed E-state index contributed by atoms with van der Waals surface area (Å²) in [5.74, 6) is -0.395. The van der Waals surface area contributed by atoms with Crippen molar-refractivity contribution in [1.82, 2.24) is 10.2 Å². The predicted octanol–water partition coefficient (Wildman–Crippen LogP) is 2.66. The van der Waals surface area contributed by atoms with Crippen molar-refractivity contribution in [1.29, 1.82) is 5.26 Å². The summed E-state index contributed by atoms with van der Waals surface area (Å²) in [6, 6.07) is 7.31. The Kier molecular flexibility index (Phi) is 5.51. The zero-order chi connectivity index (χ0) is 14.4. The molecule has 1 fully saturated rings. The molecule has 1 atom stereocenters. The number of hydrogen-bond donors (Lipinski definition) is 1. The Morgan fingerprint density at radius 1 is 1.35 bits per heavy atom. The summed E-state index contributed by atoms with van der Waals surface area (Å²) in [7, 11) is 0. The van der Waals surface area contributed by atoms with Crippen LogP contribution in [0.3, 0.4) is 0 Å². The molecule has 0 radical (unpaired) electrons. The first-order chi connectivity index (χ1) is 9.72. The Balaban J connectivity index is 1.82. The minimum Gasteiger partial charge on any atom is -0.311 e. The minimum absolute atomic E-state index is 0.119. The smallest absolute Gasteiger partial charge is 0.145 e. The standard InChI is InChI=1S/C16H22FN3/c1-13(20-8-3-2-4-9-20)11-19-12-15-7-5-6-14(10-18)16(15)17/h5-7,13,19H,2-4,8-9,11-12H2,1H3. The van der Waals surface area contributed by atoms with Gasteiger partial charge in [0, 0.05) is 24.7 Å². The van der Waals surface area contributed by atoms with Crippen molar-refractivity contribution in [2.24, 2.45) is 0 Å². The van der Waals surface area contributed by atoms with E-state index in [1.54, 1.807) is 12.1 Å². The van der Waals surface area contributed by atoms with Crippen LogP contribution in [0.15, 0.2) is 18.2 Å². The number of benzene rings is 1. The predicted molar refractivity (Wildman–Crippen MR) is 77.7 cm³/mol. The van der Waals surface area contributed by atoms with Crippen LogP contribution < -0.4 is 5.32 Å². The van der Waals surface area contributed by atoms with Gasteiger partial charge in [0.05, 0.1) is 5.56 Å². The van der Waals surface area contributed by atoms with E-state index in [9.17, 15) is 4.39 Å². The van der Waals surface area contributed by atoms with Crippen molar-refractivity contribution in [3.05, 3.63) is 35.1 Å². The molecule has 0 amide bonds. The van der Waals surface area contributed by atoms with E-state index in [1.165, 1.54) is 38.4 Å². The zero-order valence-electron chi connectivity index (χ0n) is 12.0. The van der Waals surface area contributed by atoms with Crippen molar-refractivity contribution < 1.29 is 4.39 Å². The molecule has 1 aromatic rings. The maximum atomic E-state index is 13.9. The average Bonchev–Trinajstić information content (AvgIpc) is 2.49. The Morgan fingerprint density at radius 2 is 2.10 bits per heavy atom. The van der Waals surface area contributed by atoms with E-state index < -0.39 is 5.82 Å². The summed E-state index contributed by atoms with van der Waals surface area (Å²) in [6.45, 7) is 5.86. The second-order valence-corrected chi connectivity index (χ2v) is 5.47. The number of nitrogens with zero attached hydrogens (tertiary/aromatic N) is 2. The molecule has 0 spiro atoms. The lowest BCUT2D eigenvalue weighted by molar-refractivity contribution is 0.170. The topological polar surface area (TPSA) is 39.1 Å².